The summed E-state index contributed by atoms with van der Waals surface area (Å²) in [4.78, 5) is 22.0. The molecule has 0 aliphatic carbocycles. The van der Waals surface area contributed by atoms with Gasteiger partial charge in [0, 0.05) is 12.2 Å². The number of hydrogen-bond acceptors (Lipinski definition) is 7. The van der Waals surface area contributed by atoms with Crippen LogP contribution in [0.2, 0.25) is 0 Å². The largest absolute Gasteiger partial charge is 0.493 e. The van der Waals surface area contributed by atoms with Crippen LogP contribution in [0.25, 0.3) is 12.2 Å². The van der Waals surface area contributed by atoms with E-state index < -0.39 is 10.9 Å². The Balaban J connectivity index is 2.11. The maximum atomic E-state index is 12.2. The number of methoxy groups -OCH3 is 2. The Morgan fingerprint density at radius 2 is 1.55 bits per heavy atom. The van der Waals surface area contributed by atoms with Gasteiger partial charge in [-0.1, -0.05) is 12.1 Å². The van der Waals surface area contributed by atoms with Gasteiger partial charge < -0.3 is 18.9 Å². The van der Waals surface area contributed by atoms with E-state index in [4.69, 9.17) is 18.9 Å². The third-order valence-electron chi connectivity index (χ3n) is 3.69. The first-order chi connectivity index (χ1) is 14.0. The zero-order valence-electron chi connectivity index (χ0n) is 16.3. The van der Waals surface area contributed by atoms with Crippen molar-refractivity contribution in [2.45, 2.75) is 6.92 Å². The Labute approximate surface area is 168 Å². The molecule has 0 saturated carbocycles. The fourth-order valence-electron chi connectivity index (χ4n) is 2.39. The summed E-state index contributed by atoms with van der Waals surface area (Å²) in [6.45, 7) is 2.39. The number of nitro groups is 1. The van der Waals surface area contributed by atoms with E-state index in [9.17, 15) is 14.9 Å². The van der Waals surface area contributed by atoms with Crippen LogP contribution in [-0.2, 0) is 4.79 Å². The molecule has 2 aromatic rings. The van der Waals surface area contributed by atoms with Crippen molar-refractivity contribution in [1.29, 1.82) is 0 Å². The lowest BCUT2D eigenvalue weighted by Gasteiger charge is -2.10. The summed E-state index contributed by atoms with van der Waals surface area (Å²) >= 11 is 0. The minimum Gasteiger partial charge on any atom is -0.493 e. The number of hydrogen-bond donors (Lipinski definition) is 0. The summed E-state index contributed by atoms with van der Waals surface area (Å²) in [6.07, 6.45) is 4.98. The molecule has 0 saturated heterocycles. The van der Waals surface area contributed by atoms with Gasteiger partial charge >= 0.3 is 5.97 Å². The smallest absolute Gasteiger partial charge is 0.336 e. The van der Waals surface area contributed by atoms with Gasteiger partial charge in [0.15, 0.2) is 23.0 Å². The lowest BCUT2D eigenvalue weighted by atomic mass is 10.2. The number of rotatable bonds is 9. The molecule has 152 valence electrons. The second-order valence-electron chi connectivity index (χ2n) is 5.61. The minimum atomic E-state index is -0.607. The highest BCUT2D eigenvalue weighted by Gasteiger charge is 2.09. The first kappa shape index (κ1) is 21.5. The highest BCUT2D eigenvalue weighted by Crippen LogP contribution is 2.30. The van der Waals surface area contributed by atoms with Crippen molar-refractivity contribution in [2.24, 2.45) is 0 Å². The van der Waals surface area contributed by atoms with Crippen molar-refractivity contribution in [2.75, 3.05) is 20.8 Å². The average Bonchev–Trinajstić information content (AvgIpc) is 2.72. The van der Waals surface area contributed by atoms with Crippen molar-refractivity contribution in [3.05, 3.63) is 69.9 Å². The van der Waals surface area contributed by atoms with Gasteiger partial charge in [0.05, 0.1) is 25.7 Å². The summed E-state index contributed by atoms with van der Waals surface area (Å²) in [5, 5.41) is 10.4. The van der Waals surface area contributed by atoms with Gasteiger partial charge in [-0.25, -0.2) is 4.79 Å². The molecule has 0 aliphatic rings. The second kappa shape index (κ2) is 10.5. The van der Waals surface area contributed by atoms with Crippen LogP contribution in [0.4, 0.5) is 0 Å². The van der Waals surface area contributed by atoms with Gasteiger partial charge in [-0.3, -0.25) is 10.1 Å². The lowest BCUT2D eigenvalue weighted by molar-refractivity contribution is -0.400. The Bertz CT molecular complexity index is 935. The first-order valence-corrected chi connectivity index (χ1v) is 8.67. The van der Waals surface area contributed by atoms with E-state index in [0.717, 1.165) is 11.8 Å². The molecule has 0 radical (unpaired) electrons. The Kier molecular flexibility index (Phi) is 7.78. The highest BCUT2D eigenvalue weighted by molar-refractivity contribution is 5.89. The summed E-state index contributed by atoms with van der Waals surface area (Å²) in [5.74, 6) is 1.04. The Morgan fingerprint density at radius 3 is 2.14 bits per heavy atom. The van der Waals surface area contributed by atoms with Crippen LogP contribution in [0, 0.1) is 10.1 Å². The molecular formula is C21H21NO7. The van der Waals surface area contributed by atoms with Crippen LogP contribution in [0.3, 0.4) is 0 Å². The van der Waals surface area contributed by atoms with E-state index in [-0.39, 0.29) is 11.5 Å². The number of ether oxygens (including phenoxy) is 4. The zero-order valence-corrected chi connectivity index (χ0v) is 16.3. The Morgan fingerprint density at radius 1 is 0.966 bits per heavy atom. The summed E-state index contributed by atoms with van der Waals surface area (Å²) < 4.78 is 21.2. The number of carbonyl (C=O) groups is 1. The lowest BCUT2D eigenvalue weighted by Crippen LogP contribution is -2.05. The third kappa shape index (κ3) is 6.39. The van der Waals surface area contributed by atoms with Gasteiger partial charge in [-0.05, 0) is 48.4 Å². The molecule has 0 fully saturated rings. The van der Waals surface area contributed by atoms with Gasteiger partial charge in [0.1, 0.15) is 0 Å². The molecule has 0 aromatic heterocycles. The summed E-state index contributed by atoms with van der Waals surface area (Å²) in [6, 6.07) is 9.90. The molecule has 2 rings (SSSR count). The van der Waals surface area contributed by atoms with E-state index >= 15 is 0 Å². The molecule has 29 heavy (non-hydrogen) atoms. The number of benzene rings is 2. The fourth-order valence-corrected chi connectivity index (χ4v) is 2.39. The van der Waals surface area contributed by atoms with Crippen LogP contribution in [0.1, 0.15) is 18.1 Å². The summed E-state index contributed by atoms with van der Waals surface area (Å²) in [7, 11) is 2.95. The molecule has 2 aromatic carbocycles. The van der Waals surface area contributed by atoms with Crippen LogP contribution in [-0.4, -0.2) is 31.7 Å². The molecule has 0 atom stereocenters. The average molecular weight is 399 g/mol. The molecule has 0 spiro atoms. The number of carbonyl (C=O) groups excluding carboxylic acids is 1. The van der Waals surface area contributed by atoms with E-state index in [0.29, 0.717) is 23.7 Å². The zero-order chi connectivity index (χ0) is 21.2. The van der Waals surface area contributed by atoms with Gasteiger partial charge in [-0.2, -0.15) is 0 Å². The molecule has 0 aliphatic heterocycles. The summed E-state index contributed by atoms with van der Waals surface area (Å²) in [5.41, 5.74) is 1.27. The normalized spacial score (nSPS) is 10.9. The van der Waals surface area contributed by atoms with E-state index in [1.165, 1.54) is 38.5 Å². The van der Waals surface area contributed by atoms with E-state index in [1.54, 1.807) is 30.3 Å². The predicted octanol–water partition coefficient (Wildman–Crippen LogP) is 3.97. The monoisotopic (exact) mass is 399 g/mol. The molecule has 0 N–H and O–H groups in total. The molecule has 0 bridgehead atoms. The second-order valence-corrected chi connectivity index (χ2v) is 5.61. The first-order valence-electron chi connectivity index (χ1n) is 8.67. The van der Waals surface area contributed by atoms with Crippen LogP contribution in [0.5, 0.6) is 23.0 Å². The van der Waals surface area contributed by atoms with Crippen molar-refractivity contribution < 1.29 is 28.7 Å². The van der Waals surface area contributed by atoms with Crippen molar-refractivity contribution in [1.82, 2.24) is 0 Å². The van der Waals surface area contributed by atoms with Crippen LogP contribution < -0.4 is 18.9 Å². The quantitative estimate of drug-likeness (QED) is 0.207. The van der Waals surface area contributed by atoms with Crippen molar-refractivity contribution in [3.63, 3.8) is 0 Å². The number of nitrogens with zero attached hydrogens (tertiary/aromatic N) is 1. The van der Waals surface area contributed by atoms with E-state index in [2.05, 4.69) is 0 Å². The van der Waals surface area contributed by atoms with Gasteiger partial charge in [0.2, 0.25) is 6.20 Å². The molecule has 8 nitrogen and oxygen atoms in total. The van der Waals surface area contributed by atoms with Gasteiger partial charge in [0.25, 0.3) is 0 Å². The van der Waals surface area contributed by atoms with Crippen molar-refractivity contribution >= 4 is 18.1 Å². The topological polar surface area (TPSA) is 97.1 Å². The van der Waals surface area contributed by atoms with Crippen LogP contribution in [0.15, 0.2) is 48.7 Å². The number of esters is 1. The minimum absolute atomic E-state index is 0.199. The fraction of sp³-hybridized carbons (Fsp3) is 0.190. The molecule has 0 unspecified atom stereocenters. The maximum absolute atomic E-state index is 12.2. The highest BCUT2D eigenvalue weighted by atomic mass is 16.6. The van der Waals surface area contributed by atoms with E-state index in [1.807, 2.05) is 6.92 Å². The van der Waals surface area contributed by atoms with Crippen molar-refractivity contribution in [3.8, 4) is 23.0 Å². The standard InChI is InChI=1S/C21H21NO7/c1-4-28-17-8-5-15(13-19(17)26-2)7-10-21(23)29-18-9-6-16(11-12-22(24)25)14-20(18)27-3/h5-14H,4H2,1-3H3/b10-7+,12-11+. The Hall–Kier alpha value is -3.81. The molecule has 0 heterocycles. The SMILES string of the molecule is CCOc1ccc(/C=C/C(=O)Oc2ccc(/C=C/[N+](=O)[O-])cc2OC)cc1OC. The molecule has 0 amide bonds. The molecule has 8 heteroatoms. The molecular weight excluding hydrogens is 378 g/mol. The van der Waals surface area contributed by atoms with Crippen LogP contribution >= 0.6 is 0 Å². The van der Waals surface area contributed by atoms with Gasteiger partial charge in [-0.15, -0.1) is 0 Å². The predicted molar refractivity (Wildman–Crippen MR) is 108 cm³/mol. The third-order valence-corrected chi connectivity index (χ3v) is 3.69. The maximum Gasteiger partial charge on any atom is 0.336 e.